The van der Waals surface area contributed by atoms with Crippen molar-refractivity contribution < 1.29 is 19.4 Å². The van der Waals surface area contributed by atoms with E-state index in [9.17, 15) is 9.59 Å². The molecule has 3 rings (SSSR count). The number of methoxy groups -OCH3 is 1. The Morgan fingerprint density at radius 2 is 1.89 bits per heavy atom. The lowest BCUT2D eigenvalue weighted by Gasteiger charge is -2.14. The number of hydrogen-bond acceptors (Lipinski definition) is 7. The molecule has 8 nitrogen and oxygen atoms in total. The summed E-state index contributed by atoms with van der Waals surface area (Å²) in [4.78, 5) is 31.7. The van der Waals surface area contributed by atoms with E-state index >= 15 is 0 Å². The van der Waals surface area contributed by atoms with E-state index in [1.54, 1.807) is 24.3 Å². The highest BCUT2D eigenvalue weighted by atomic mass is 16.5. The molecule has 1 unspecified atom stereocenters. The molecule has 0 saturated carbocycles. The highest BCUT2D eigenvalue weighted by molar-refractivity contribution is 5.92. The Balaban J connectivity index is 1.97. The van der Waals surface area contributed by atoms with Crippen LogP contribution in [-0.2, 0) is 9.53 Å². The molecule has 27 heavy (non-hydrogen) atoms. The molecular formula is C19H18N4O4. The van der Waals surface area contributed by atoms with Crippen LogP contribution < -0.4 is 10.6 Å². The number of rotatable bonds is 6. The molecule has 0 fully saturated rings. The number of aliphatic carboxylic acids is 1. The number of nitrogens with one attached hydrogen (secondary N) is 2. The number of ether oxygens (including phenoxy) is 1. The summed E-state index contributed by atoms with van der Waals surface area (Å²) in [7, 11) is 1.32. The Labute approximate surface area is 155 Å². The predicted octanol–water partition coefficient (Wildman–Crippen LogP) is 3.05. The molecule has 0 spiro atoms. The first-order valence-corrected chi connectivity index (χ1v) is 8.19. The maximum Gasteiger partial charge on any atom is 0.337 e. The van der Waals surface area contributed by atoms with E-state index in [2.05, 4.69) is 20.6 Å². The number of benzene rings is 2. The molecule has 138 valence electrons. The summed E-state index contributed by atoms with van der Waals surface area (Å²) in [5, 5.41) is 15.8. The maximum atomic E-state index is 11.7. The molecule has 1 aromatic heterocycles. The largest absolute Gasteiger partial charge is 0.480 e. The van der Waals surface area contributed by atoms with Crippen LogP contribution in [0.15, 0.2) is 48.5 Å². The molecule has 2 aromatic carbocycles. The van der Waals surface area contributed by atoms with Crippen LogP contribution in [-0.4, -0.2) is 40.2 Å². The van der Waals surface area contributed by atoms with Crippen molar-refractivity contribution in [2.45, 2.75) is 13.0 Å². The SMILES string of the molecule is COC(=O)c1cccc(Nc2nc(NC(C)C(=O)O)c3ccccc3n2)c1. The quantitative estimate of drug-likeness (QED) is 0.571. The van der Waals surface area contributed by atoms with Gasteiger partial charge in [0.05, 0.1) is 18.2 Å². The average Bonchev–Trinajstić information content (AvgIpc) is 2.67. The molecule has 3 aromatic rings. The highest BCUT2D eigenvalue weighted by Gasteiger charge is 2.15. The summed E-state index contributed by atoms with van der Waals surface area (Å²) in [6.07, 6.45) is 0. The second kappa shape index (κ2) is 7.69. The maximum absolute atomic E-state index is 11.7. The van der Waals surface area contributed by atoms with Gasteiger partial charge >= 0.3 is 11.9 Å². The van der Waals surface area contributed by atoms with Crippen LogP contribution in [0.3, 0.4) is 0 Å². The van der Waals surface area contributed by atoms with E-state index < -0.39 is 18.0 Å². The number of para-hydroxylation sites is 1. The monoisotopic (exact) mass is 366 g/mol. The molecule has 0 bridgehead atoms. The Bertz CT molecular complexity index is 1010. The Morgan fingerprint density at radius 3 is 2.63 bits per heavy atom. The van der Waals surface area contributed by atoms with Gasteiger partial charge in [0, 0.05) is 11.1 Å². The van der Waals surface area contributed by atoms with E-state index in [-0.39, 0.29) is 5.95 Å². The van der Waals surface area contributed by atoms with E-state index in [1.165, 1.54) is 14.0 Å². The topological polar surface area (TPSA) is 113 Å². The number of aromatic nitrogens is 2. The van der Waals surface area contributed by atoms with Crippen LogP contribution in [0.4, 0.5) is 17.5 Å². The fraction of sp³-hybridized carbons (Fsp3) is 0.158. The van der Waals surface area contributed by atoms with Gasteiger partial charge in [-0.15, -0.1) is 0 Å². The third kappa shape index (κ3) is 4.12. The Hall–Kier alpha value is -3.68. The number of carbonyl (C=O) groups is 2. The molecule has 1 heterocycles. The minimum atomic E-state index is -0.988. The number of anilines is 3. The summed E-state index contributed by atoms with van der Waals surface area (Å²) in [6, 6.07) is 13.2. The zero-order valence-corrected chi connectivity index (χ0v) is 14.8. The Kier molecular flexibility index (Phi) is 5.16. The Morgan fingerprint density at radius 1 is 1.11 bits per heavy atom. The van der Waals surface area contributed by atoms with Crippen molar-refractivity contribution in [2.75, 3.05) is 17.7 Å². The smallest absolute Gasteiger partial charge is 0.337 e. The van der Waals surface area contributed by atoms with Crippen LogP contribution in [0.1, 0.15) is 17.3 Å². The molecule has 0 radical (unpaired) electrons. The van der Waals surface area contributed by atoms with Gasteiger partial charge in [0.1, 0.15) is 11.9 Å². The highest BCUT2D eigenvalue weighted by Crippen LogP contribution is 2.24. The van der Waals surface area contributed by atoms with Crippen molar-refractivity contribution in [3.05, 3.63) is 54.1 Å². The fourth-order valence-electron chi connectivity index (χ4n) is 2.48. The van der Waals surface area contributed by atoms with Crippen molar-refractivity contribution >= 4 is 40.3 Å². The van der Waals surface area contributed by atoms with Gasteiger partial charge in [0.2, 0.25) is 5.95 Å². The minimum absolute atomic E-state index is 0.274. The summed E-state index contributed by atoms with van der Waals surface area (Å²) >= 11 is 0. The molecule has 0 aliphatic heterocycles. The van der Waals surface area contributed by atoms with Gasteiger partial charge in [0.15, 0.2) is 0 Å². The van der Waals surface area contributed by atoms with Crippen LogP contribution in [0.2, 0.25) is 0 Å². The lowest BCUT2D eigenvalue weighted by Crippen LogP contribution is -2.26. The van der Waals surface area contributed by atoms with Gasteiger partial charge in [0.25, 0.3) is 0 Å². The predicted molar refractivity (Wildman–Crippen MR) is 101 cm³/mol. The standard InChI is InChI=1S/C19H18N4O4/c1-11(17(24)25)20-16-14-8-3-4-9-15(14)22-19(23-16)21-13-7-5-6-12(10-13)18(26)27-2/h3-11H,1-2H3,(H,24,25)(H2,20,21,22,23). The van der Waals surface area contributed by atoms with E-state index in [4.69, 9.17) is 9.84 Å². The van der Waals surface area contributed by atoms with Gasteiger partial charge in [-0.05, 0) is 37.3 Å². The van der Waals surface area contributed by atoms with E-state index in [1.807, 2.05) is 24.3 Å². The number of carboxylic acids is 1. The fourth-order valence-corrected chi connectivity index (χ4v) is 2.48. The zero-order chi connectivity index (χ0) is 19.4. The third-order valence-electron chi connectivity index (χ3n) is 3.87. The van der Waals surface area contributed by atoms with Gasteiger partial charge in [-0.1, -0.05) is 18.2 Å². The number of fused-ring (bicyclic) bond motifs is 1. The van der Waals surface area contributed by atoms with Crippen molar-refractivity contribution in [3.8, 4) is 0 Å². The molecular weight excluding hydrogens is 348 g/mol. The molecule has 0 aliphatic carbocycles. The van der Waals surface area contributed by atoms with E-state index in [0.29, 0.717) is 28.0 Å². The molecule has 0 aliphatic rings. The molecule has 1 atom stereocenters. The second-order valence-corrected chi connectivity index (χ2v) is 5.81. The summed E-state index contributed by atoms with van der Waals surface area (Å²) in [6.45, 7) is 1.53. The first-order valence-electron chi connectivity index (χ1n) is 8.19. The lowest BCUT2D eigenvalue weighted by molar-refractivity contribution is -0.137. The van der Waals surface area contributed by atoms with Gasteiger partial charge in [-0.25, -0.2) is 9.78 Å². The molecule has 3 N–H and O–H groups in total. The summed E-state index contributed by atoms with van der Waals surface area (Å²) < 4.78 is 4.72. The van der Waals surface area contributed by atoms with Crippen LogP contribution in [0.5, 0.6) is 0 Å². The van der Waals surface area contributed by atoms with Crippen LogP contribution in [0.25, 0.3) is 10.9 Å². The minimum Gasteiger partial charge on any atom is -0.480 e. The number of carboxylic acid groups (broad SMARTS) is 1. The normalized spacial score (nSPS) is 11.6. The van der Waals surface area contributed by atoms with Gasteiger partial charge in [-0.2, -0.15) is 4.98 Å². The average molecular weight is 366 g/mol. The third-order valence-corrected chi connectivity index (χ3v) is 3.87. The number of hydrogen-bond donors (Lipinski definition) is 3. The first-order chi connectivity index (χ1) is 13.0. The van der Waals surface area contributed by atoms with Gasteiger partial charge < -0.3 is 20.5 Å². The summed E-state index contributed by atoms with van der Waals surface area (Å²) in [5.74, 6) is -0.758. The van der Waals surface area contributed by atoms with Crippen molar-refractivity contribution in [1.82, 2.24) is 9.97 Å². The number of esters is 1. The molecule has 8 heteroatoms. The summed E-state index contributed by atoms with van der Waals surface area (Å²) in [5.41, 5.74) is 1.64. The van der Waals surface area contributed by atoms with Crippen LogP contribution in [0, 0.1) is 0 Å². The number of carbonyl (C=O) groups excluding carboxylic acids is 1. The van der Waals surface area contributed by atoms with Crippen molar-refractivity contribution in [3.63, 3.8) is 0 Å². The zero-order valence-electron chi connectivity index (χ0n) is 14.8. The van der Waals surface area contributed by atoms with E-state index in [0.717, 1.165) is 0 Å². The van der Waals surface area contributed by atoms with Crippen molar-refractivity contribution in [1.29, 1.82) is 0 Å². The molecule has 0 saturated heterocycles. The molecule has 0 amide bonds. The van der Waals surface area contributed by atoms with Gasteiger partial charge in [-0.3, -0.25) is 4.79 Å². The lowest BCUT2D eigenvalue weighted by atomic mass is 10.2. The first kappa shape index (κ1) is 18.1. The second-order valence-electron chi connectivity index (χ2n) is 5.81. The van der Waals surface area contributed by atoms with Crippen molar-refractivity contribution in [2.24, 2.45) is 0 Å². The van der Waals surface area contributed by atoms with Crippen LogP contribution >= 0.6 is 0 Å². The number of nitrogens with zero attached hydrogens (tertiary/aromatic N) is 2.